The summed E-state index contributed by atoms with van der Waals surface area (Å²) in [6, 6.07) is 6.40. The number of ether oxygens (including phenoxy) is 1. The van der Waals surface area contributed by atoms with Gasteiger partial charge in [0.25, 0.3) is 0 Å². The van der Waals surface area contributed by atoms with Gasteiger partial charge in [0.1, 0.15) is 5.75 Å². The van der Waals surface area contributed by atoms with E-state index in [4.69, 9.17) is 4.74 Å². The maximum Gasteiger partial charge on any atom is 0.321 e. The van der Waals surface area contributed by atoms with Crippen LogP contribution in [0.4, 0.5) is 14.9 Å². The van der Waals surface area contributed by atoms with E-state index >= 15 is 0 Å². The van der Waals surface area contributed by atoms with Crippen LogP contribution in [-0.4, -0.2) is 61.9 Å². The summed E-state index contributed by atoms with van der Waals surface area (Å²) in [4.78, 5) is 14.4. The second-order valence-corrected chi connectivity index (χ2v) is 10.2. The molecule has 0 bridgehead atoms. The number of carbonyl (C=O) groups is 1. The zero-order valence-corrected chi connectivity index (χ0v) is 17.4. The molecule has 3 rings (SSSR count). The Hall–Kier alpha value is -1.87. The third-order valence-electron chi connectivity index (χ3n) is 5.44. The van der Waals surface area contributed by atoms with Crippen molar-refractivity contribution in [2.75, 3.05) is 37.8 Å². The summed E-state index contributed by atoms with van der Waals surface area (Å²) in [5, 5.41) is 2.86. The molecule has 0 saturated carbocycles. The molecule has 2 fully saturated rings. The third kappa shape index (κ3) is 5.14. The highest BCUT2D eigenvalue weighted by molar-refractivity contribution is 7.88. The second-order valence-electron chi connectivity index (χ2n) is 8.25. The lowest BCUT2D eigenvalue weighted by molar-refractivity contribution is -0.0257. The fraction of sp³-hybridized carbons (Fsp3) is 0.632. The van der Waals surface area contributed by atoms with E-state index in [-0.39, 0.29) is 11.4 Å². The van der Waals surface area contributed by atoms with Gasteiger partial charge in [0.2, 0.25) is 15.9 Å². The van der Waals surface area contributed by atoms with Gasteiger partial charge in [0.15, 0.2) is 0 Å². The molecule has 2 saturated heterocycles. The number of alkyl halides is 1. The molecule has 2 aliphatic heterocycles. The molecule has 156 valence electrons. The Kier molecular flexibility index (Phi) is 5.60. The van der Waals surface area contributed by atoms with Crippen LogP contribution in [0.5, 0.6) is 5.75 Å². The van der Waals surface area contributed by atoms with Crippen LogP contribution in [-0.2, 0) is 10.0 Å². The predicted molar refractivity (Wildman–Crippen MR) is 106 cm³/mol. The lowest BCUT2D eigenvalue weighted by atomic mass is 9.78. The summed E-state index contributed by atoms with van der Waals surface area (Å²) in [6.45, 7) is 4.97. The average molecular weight is 414 g/mol. The molecule has 0 radical (unpaired) electrons. The van der Waals surface area contributed by atoms with E-state index in [2.05, 4.69) is 5.32 Å². The van der Waals surface area contributed by atoms with E-state index < -0.39 is 15.9 Å². The molecule has 1 aromatic carbocycles. The molecule has 2 aliphatic rings. The van der Waals surface area contributed by atoms with Gasteiger partial charge in [-0.05, 0) is 48.9 Å². The van der Waals surface area contributed by atoms with Gasteiger partial charge in [-0.2, -0.15) is 4.39 Å². The molecular formula is C19H28FN3O4S. The highest BCUT2D eigenvalue weighted by Gasteiger charge is 2.43. The summed E-state index contributed by atoms with van der Waals surface area (Å²) in [5.74, 6) is -1.37. The van der Waals surface area contributed by atoms with Crippen LogP contribution < -0.4 is 10.1 Å². The number of carbonyl (C=O) groups excluding carboxylic acids is 1. The fourth-order valence-corrected chi connectivity index (χ4v) is 4.74. The summed E-state index contributed by atoms with van der Waals surface area (Å²) in [7, 11) is -3.15. The number of nitrogens with zero attached hydrogens (tertiary/aromatic N) is 2. The monoisotopic (exact) mass is 413 g/mol. The predicted octanol–water partition coefficient (Wildman–Crippen LogP) is 3.05. The van der Waals surface area contributed by atoms with Crippen molar-refractivity contribution in [3.63, 3.8) is 0 Å². The van der Waals surface area contributed by atoms with E-state index in [9.17, 15) is 17.6 Å². The molecule has 1 aromatic rings. The average Bonchev–Trinajstić information content (AvgIpc) is 2.99. The number of likely N-dealkylation sites (tertiary alicyclic amines) is 1. The highest BCUT2D eigenvalue weighted by Crippen LogP contribution is 2.41. The first kappa shape index (κ1) is 20.9. The van der Waals surface area contributed by atoms with Crippen molar-refractivity contribution in [3.05, 3.63) is 24.3 Å². The van der Waals surface area contributed by atoms with Crippen molar-refractivity contribution in [3.8, 4) is 5.75 Å². The smallest absolute Gasteiger partial charge is 0.321 e. The SMILES string of the molecule is CC(C)(F)Oc1ccc(NC(=O)N2CCC3(CCN(S(C)(=O)=O)CC3)C2)cc1. The standard InChI is InChI=1S/C19H28FN3O4S/c1-18(2,20)27-16-6-4-15(5-7-16)21-17(24)22-11-8-19(14-22)9-12-23(13-10-19)28(3,25)26/h4-7H,8-14H2,1-3H3,(H,21,24). The lowest BCUT2D eigenvalue weighted by Gasteiger charge is -2.38. The van der Waals surface area contributed by atoms with Crippen LogP contribution in [0.1, 0.15) is 33.1 Å². The Bertz CT molecular complexity index is 813. The molecule has 28 heavy (non-hydrogen) atoms. The topological polar surface area (TPSA) is 79.0 Å². The summed E-state index contributed by atoms with van der Waals surface area (Å²) >= 11 is 0. The zero-order valence-electron chi connectivity index (χ0n) is 16.6. The molecule has 2 amide bonds. The molecular weight excluding hydrogens is 385 g/mol. The van der Waals surface area contributed by atoms with Crippen molar-refractivity contribution < 1.29 is 22.3 Å². The number of anilines is 1. The molecule has 7 nitrogen and oxygen atoms in total. The molecule has 1 spiro atoms. The minimum Gasteiger partial charge on any atom is -0.459 e. The number of sulfonamides is 1. The Morgan fingerprint density at radius 3 is 2.25 bits per heavy atom. The number of urea groups is 1. The number of amides is 2. The number of hydrogen-bond donors (Lipinski definition) is 1. The Labute approximate surface area is 165 Å². The van der Waals surface area contributed by atoms with Gasteiger partial charge >= 0.3 is 6.03 Å². The molecule has 1 N–H and O–H groups in total. The van der Waals surface area contributed by atoms with Gasteiger partial charge in [0, 0.05) is 45.7 Å². The van der Waals surface area contributed by atoms with Gasteiger partial charge < -0.3 is 15.0 Å². The first-order valence-corrected chi connectivity index (χ1v) is 11.3. The highest BCUT2D eigenvalue weighted by atomic mass is 32.2. The van der Waals surface area contributed by atoms with Gasteiger partial charge in [-0.15, -0.1) is 0 Å². The van der Waals surface area contributed by atoms with Crippen LogP contribution >= 0.6 is 0 Å². The van der Waals surface area contributed by atoms with Crippen molar-refractivity contribution in [1.29, 1.82) is 0 Å². The van der Waals surface area contributed by atoms with E-state index in [0.29, 0.717) is 37.6 Å². The van der Waals surface area contributed by atoms with E-state index in [0.717, 1.165) is 19.3 Å². The minimum absolute atomic E-state index is 0.00291. The second kappa shape index (κ2) is 7.51. The first-order chi connectivity index (χ1) is 13.0. The molecule has 0 atom stereocenters. The quantitative estimate of drug-likeness (QED) is 0.823. The van der Waals surface area contributed by atoms with Crippen molar-refractivity contribution in [2.24, 2.45) is 5.41 Å². The number of benzene rings is 1. The minimum atomic E-state index is -3.15. The summed E-state index contributed by atoms with van der Waals surface area (Å²) in [5.41, 5.74) is 0.616. The number of nitrogens with one attached hydrogen (secondary N) is 1. The van der Waals surface area contributed by atoms with Crippen LogP contribution in [0.2, 0.25) is 0 Å². The number of piperidine rings is 1. The van der Waals surface area contributed by atoms with Gasteiger partial charge in [0.05, 0.1) is 6.26 Å². The molecule has 9 heteroatoms. The summed E-state index contributed by atoms with van der Waals surface area (Å²) < 4.78 is 43.5. The van der Waals surface area contributed by atoms with Crippen LogP contribution in [0.3, 0.4) is 0 Å². The Morgan fingerprint density at radius 1 is 1.14 bits per heavy atom. The number of halogens is 1. The van der Waals surface area contributed by atoms with Crippen molar-refractivity contribution >= 4 is 21.7 Å². The van der Waals surface area contributed by atoms with Crippen molar-refractivity contribution in [2.45, 2.75) is 39.0 Å². The van der Waals surface area contributed by atoms with E-state index in [1.54, 1.807) is 29.2 Å². The van der Waals surface area contributed by atoms with Gasteiger partial charge in [-0.1, -0.05) is 0 Å². The van der Waals surface area contributed by atoms with Crippen LogP contribution in [0.25, 0.3) is 0 Å². The Balaban J connectivity index is 1.54. The zero-order chi connectivity index (χ0) is 20.6. The normalized spacial score (nSPS) is 20.4. The third-order valence-corrected chi connectivity index (χ3v) is 6.75. The molecule has 0 aromatic heterocycles. The van der Waals surface area contributed by atoms with Crippen molar-refractivity contribution in [1.82, 2.24) is 9.21 Å². The number of rotatable bonds is 4. The fourth-order valence-electron chi connectivity index (χ4n) is 3.90. The van der Waals surface area contributed by atoms with Gasteiger partial charge in [-0.3, -0.25) is 0 Å². The van der Waals surface area contributed by atoms with Crippen LogP contribution in [0.15, 0.2) is 24.3 Å². The largest absolute Gasteiger partial charge is 0.459 e. The number of hydrogen-bond acceptors (Lipinski definition) is 4. The maximum atomic E-state index is 13.5. The van der Waals surface area contributed by atoms with Crippen LogP contribution in [0, 0.1) is 5.41 Å². The maximum absolute atomic E-state index is 13.5. The molecule has 2 heterocycles. The lowest BCUT2D eigenvalue weighted by Crippen LogP contribution is -2.44. The Morgan fingerprint density at radius 2 is 1.71 bits per heavy atom. The summed E-state index contributed by atoms with van der Waals surface area (Å²) in [6.07, 6.45) is 3.67. The van der Waals surface area contributed by atoms with E-state index in [1.807, 2.05) is 0 Å². The van der Waals surface area contributed by atoms with Gasteiger partial charge in [-0.25, -0.2) is 17.5 Å². The van der Waals surface area contributed by atoms with E-state index in [1.165, 1.54) is 24.4 Å². The first-order valence-electron chi connectivity index (χ1n) is 9.45. The molecule has 0 aliphatic carbocycles. The molecule has 0 unspecified atom stereocenters.